The number of thioether (sulfide) groups is 1. The molecule has 0 aromatic carbocycles. The Morgan fingerprint density at radius 1 is 1.53 bits per heavy atom. The van der Waals surface area contributed by atoms with E-state index in [4.69, 9.17) is 16.0 Å². The van der Waals surface area contributed by atoms with E-state index in [0.717, 1.165) is 0 Å². The smallest absolute Gasteiger partial charge is 0.224 e. The van der Waals surface area contributed by atoms with Crippen LogP contribution < -0.4 is 0 Å². The number of aliphatic hydroxyl groups excluding tert-OH is 1. The highest BCUT2D eigenvalue weighted by molar-refractivity contribution is 9.10. The fourth-order valence-electron chi connectivity index (χ4n) is 1.45. The van der Waals surface area contributed by atoms with Crippen LogP contribution in [-0.2, 0) is 0 Å². The standard InChI is InChI=1S/C10H10BrClN2O2S/c1-3-4(15)7-5(11)6-8(16-7)9(17-2)14-10(12)13-6/h4,15H,3H2,1-2H3. The molecule has 0 fully saturated rings. The lowest BCUT2D eigenvalue weighted by Crippen LogP contribution is -1.92. The molecule has 0 saturated heterocycles. The maximum absolute atomic E-state index is 9.83. The summed E-state index contributed by atoms with van der Waals surface area (Å²) < 4.78 is 6.27. The zero-order valence-electron chi connectivity index (χ0n) is 9.20. The first-order chi connectivity index (χ1) is 8.08. The van der Waals surface area contributed by atoms with Gasteiger partial charge in [0.05, 0.1) is 4.47 Å². The highest BCUT2D eigenvalue weighted by Crippen LogP contribution is 2.38. The Bertz CT molecular complexity index is 561. The Hall–Kier alpha value is -0.300. The van der Waals surface area contributed by atoms with E-state index in [-0.39, 0.29) is 5.28 Å². The minimum Gasteiger partial charge on any atom is -0.452 e. The predicted octanol–water partition coefficient (Wildman–Crippen LogP) is 3.80. The summed E-state index contributed by atoms with van der Waals surface area (Å²) in [6.07, 6.45) is 1.78. The summed E-state index contributed by atoms with van der Waals surface area (Å²) >= 11 is 10.6. The molecule has 2 rings (SSSR count). The number of aromatic nitrogens is 2. The second-order valence-electron chi connectivity index (χ2n) is 3.38. The Kier molecular flexibility index (Phi) is 3.97. The van der Waals surface area contributed by atoms with Crippen LogP contribution in [0.4, 0.5) is 0 Å². The highest BCUT2D eigenvalue weighted by Gasteiger charge is 2.22. The Labute approximate surface area is 116 Å². The molecule has 0 bridgehead atoms. The second kappa shape index (κ2) is 5.14. The molecular formula is C10H10BrClN2O2S. The fourth-order valence-corrected chi connectivity index (χ4v) is 2.79. The Morgan fingerprint density at radius 3 is 2.82 bits per heavy atom. The number of hydrogen-bond acceptors (Lipinski definition) is 5. The van der Waals surface area contributed by atoms with E-state index in [0.29, 0.717) is 32.8 Å². The normalized spacial score (nSPS) is 13.2. The lowest BCUT2D eigenvalue weighted by Gasteiger charge is -2.02. The van der Waals surface area contributed by atoms with Crippen LogP contribution in [0.25, 0.3) is 11.1 Å². The van der Waals surface area contributed by atoms with Crippen molar-refractivity contribution in [3.8, 4) is 0 Å². The third-order valence-corrected chi connectivity index (χ3v) is 3.92. The van der Waals surface area contributed by atoms with Gasteiger partial charge in [-0.1, -0.05) is 6.92 Å². The number of fused-ring (bicyclic) bond motifs is 1. The van der Waals surface area contributed by atoms with Crippen LogP contribution >= 0.6 is 39.3 Å². The lowest BCUT2D eigenvalue weighted by molar-refractivity contribution is 0.147. The van der Waals surface area contributed by atoms with E-state index in [1.165, 1.54) is 11.8 Å². The van der Waals surface area contributed by atoms with Gasteiger partial charge in [-0.2, -0.15) is 0 Å². The van der Waals surface area contributed by atoms with E-state index >= 15 is 0 Å². The van der Waals surface area contributed by atoms with Crippen molar-refractivity contribution in [2.45, 2.75) is 24.5 Å². The molecule has 2 heterocycles. The number of halogens is 2. The zero-order valence-corrected chi connectivity index (χ0v) is 12.4. The van der Waals surface area contributed by atoms with Crippen molar-refractivity contribution in [3.63, 3.8) is 0 Å². The van der Waals surface area contributed by atoms with E-state index < -0.39 is 6.10 Å². The van der Waals surface area contributed by atoms with E-state index in [1.807, 2.05) is 13.2 Å². The van der Waals surface area contributed by atoms with Crippen molar-refractivity contribution < 1.29 is 9.52 Å². The van der Waals surface area contributed by atoms with Crippen LogP contribution in [0, 0.1) is 0 Å². The molecule has 17 heavy (non-hydrogen) atoms. The molecular weight excluding hydrogens is 328 g/mol. The number of aliphatic hydroxyl groups is 1. The van der Waals surface area contributed by atoms with Crippen molar-refractivity contribution >= 4 is 50.4 Å². The molecule has 0 aliphatic heterocycles. The molecule has 1 N–H and O–H groups in total. The molecule has 92 valence electrons. The van der Waals surface area contributed by atoms with Crippen LogP contribution in [0.1, 0.15) is 25.2 Å². The number of furan rings is 1. The average Bonchev–Trinajstić information content (AvgIpc) is 2.65. The summed E-state index contributed by atoms with van der Waals surface area (Å²) in [5.74, 6) is 0.467. The second-order valence-corrected chi connectivity index (χ2v) is 5.31. The third-order valence-electron chi connectivity index (χ3n) is 2.33. The maximum atomic E-state index is 9.83. The van der Waals surface area contributed by atoms with E-state index in [2.05, 4.69) is 25.9 Å². The summed E-state index contributed by atoms with van der Waals surface area (Å²) in [5.41, 5.74) is 1.15. The van der Waals surface area contributed by atoms with Crippen LogP contribution in [0.2, 0.25) is 5.28 Å². The van der Waals surface area contributed by atoms with Gasteiger partial charge in [-0.25, -0.2) is 9.97 Å². The maximum Gasteiger partial charge on any atom is 0.224 e. The minimum atomic E-state index is -0.660. The summed E-state index contributed by atoms with van der Waals surface area (Å²) in [4.78, 5) is 8.19. The number of nitrogens with zero attached hydrogens (tertiary/aromatic N) is 2. The van der Waals surface area contributed by atoms with Gasteiger partial charge in [0, 0.05) is 0 Å². The SMILES string of the molecule is CCC(O)c1oc2c(SC)nc(Cl)nc2c1Br. The molecule has 1 unspecified atom stereocenters. The van der Waals surface area contributed by atoms with Gasteiger partial charge >= 0.3 is 0 Å². The van der Waals surface area contributed by atoms with Crippen LogP contribution in [-0.4, -0.2) is 21.3 Å². The van der Waals surface area contributed by atoms with Crippen molar-refractivity contribution in [2.75, 3.05) is 6.26 Å². The minimum absolute atomic E-state index is 0.167. The molecule has 0 radical (unpaired) electrons. The molecule has 7 heteroatoms. The van der Waals surface area contributed by atoms with Gasteiger partial charge < -0.3 is 9.52 Å². The molecule has 2 aromatic heterocycles. The number of hydrogen-bond donors (Lipinski definition) is 1. The predicted molar refractivity (Wildman–Crippen MR) is 71.5 cm³/mol. The monoisotopic (exact) mass is 336 g/mol. The zero-order chi connectivity index (χ0) is 12.6. The summed E-state index contributed by atoms with van der Waals surface area (Å²) in [6.45, 7) is 1.87. The molecule has 2 aromatic rings. The highest BCUT2D eigenvalue weighted by atomic mass is 79.9. The summed E-state index contributed by atoms with van der Waals surface area (Å²) in [7, 11) is 0. The average molecular weight is 338 g/mol. The fraction of sp³-hybridized carbons (Fsp3) is 0.400. The molecule has 0 amide bonds. The first kappa shape index (κ1) is 13.1. The van der Waals surface area contributed by atoms with Gasteiger partial charge in [-0.05, 0) is 40.2 Å². The molecule has 0 aliphatic rings. The lowest BCUT2D eigenvalue weighted by atomic mass is 10.2. The van der Waals surface area contributed by atoms with Crippen molar-refractivity contribution in [1.82, 2.24) is 9.97 Å². The van der Waals surface area contributed by atoms with Crippen LogP contribution in [0.5, 0.6) is 0 Å². The topological polar surface area (TPSA) is 59.2 Å². The van der Waals surface area contributed by atoms with Gasteiger partial charge in [0.25, 0.3) is 0 Å². The van der Waals surface area contributed by atoms with Gasteiger partial charge in [0.1, 0.15) is 22.4 Å². The van der Waals surface area contributed by atoms with Crippen molar-refractivity contribution in [2.24, 2.45) is 0 Å². The van der Waals surface area contributed by atoms with E-state index in [9.17, 15) is 5.11 Å². The van der Waals surface area contributed by atoms with Crippen LogP contribution in [0.3, 0.4) is 0 Å². The molecule has 0 saturated carbocycles. The molecule has 1 atom stereocenters. The first-order valence-corrected chi connectivity index (χ1v) is 7.35. The van der Waals surface area contributed by atoms with Gasteiger partial charge in [0.15, 0.2) is 5.58 Å². The van der Waals surface area contributed by atoms with Crippen LogP contribution in [0.15, 0.2) is 13.9 Å². The molecule has 0 aliphatic carbocycles. The quantitative estimate of drug-likeness (QED) is 0.524. The van der Waals surface area contributed by atoms with E-state index in [1.54, 1.807) is 0 Å². The Balaban J connectivity index is 2.72. The number of rotatable bonds is 3. The van der Waals surface area contributed by atoms with Crippen molar-refractivity contribution in [1.29, 1.82) is 0 Å². The van der Waals surface area contributed by atoms with Gasteiger partial charge in [-0.15, -0.1) is 11.8 Å². The largest absolute Gasteiger partial charge is 0.452 e. The summed E-state index contributed by atoms with van der Waals surface area (Å²) in [6, 6.07) is 0. The van der Waals surface area contributed by atoms with Gasteiger partial charge in [0.2, 0.25) is 5.28 Å². The first-order valence-electron chi connectivity index (χ1n) is 4.96. The third kappa shape index (κ3) is 2.31. The van der Waals surface area contributed by atoms with Crippen molar-refractivity contribution in [3.05, 3.63) is 15.5 Å². The Morgan fingerprint density at radius 2 is 2.24 bits per heavy atom. The summed E-state index contributed by atoms with van der Waals surface area (Å²) in [5, 5.41) is 10.7. The van der Waals surface area contributed by atoms with Gasteiger partial charge in [-0.3, -0.25) is 0 Å². The molecule has 0 spiro atoms. The molecule has 4 nitrogen and oxygen atoms in total.